The van der Waals surface area contributed by atoms with Crippen LogP contribution in [0.5, 0.6) is 0 Å². The molecule has 2 fully saturated rings. The van der Waals surface area contributed by atoms with Gasteiger partial charge in [0.25, 0.3) is 0 Å². The van der Waals surface area contributed by atoms with Crippen LogP contribution in [0.1, 0.15) is 31.4 Å². The Morgan fingerprint density at radius 1 is 1.21 bits per heavy atom. The normalized spacial score (nSPS) is 20.9. The van der Waals surface area contributed by atoms with Gasteiger partial charge in [0.2, 0.25) is 10.0 Å². The summed E-state index contributed by atoms with van der Waals surface area (Å²) in [6.07, 6.45) is 3.42. The number of benzene rings is 1. The maximum atomic E-state index is 12.3. The number of hydrogen-bond donors (Lipinski definition) is 0. The van der Waals surface area contributed by atoms with Crippen molar-refractivity contribution in [1.29, 1.82) is 0 Å². The van der Waals surface area contributed by atoms with Crippen LogP contribution in [0.25, 0.3) is 11.0 Å². The van der Waals surface area contributed by atoms with Gasteiger partial charge in [0, 0.05) is 31.1 Å². The third kappa shape index (κ3) is 2.96. The average Bonchev–Trinajstić information content (AvgIpc) is 3.39. The number of nitrogens with zero attached hydrogens (tertiary/aromatic N) is 3. The molecular formula is C17H23N3O3S. The maximum absolute atomic E-state index is 12.3. The van der Waals surface area contributed by atoms with E-state index in [2.05, 4.69) is 17.1 Å². The quantitative estimate of drug-likeness (QED) is 0.828. The molecule has 0 radical (unpaired) electrons. The van der Waals surface area contributed by atoms with Crippen LogP contribution in [0, 0.1) is 0 Å². The highest BCUT2D eigenvalue weighted by Crippen LogP contribution is 2.33. The maximum Gasteiger partial charge on any atom is 0.216 e. The summed E-state index contributed by atoms with van der Waals surface area (Å²) in [6, 6.07) is 8.26. The van der Waals surface area contributed by atoms with Crippen LogP contribution in [-0.2, 0) is 16.6 Å². The molecule has 0 amide bonds. The highest BCUT2D eigenvalue weighted by atomic mass is 32.2. The van der Waals surface area contributed by atoms with Gasteiger partial charge in [0.15, 0.2) is 5.58 Å². The van der Waals surface area contributed by atoms with Crippen LogP contribution >= 0.6 is 0 Å². The molecule has 1 aromatic carbocycles. The van der Waals surface area contributed by atoms with E-state index in [9.17, 15) is 8.42 Å². The number of piperidine rings is 1. The molecule has 4 rings (SSSR count). The first-order valence-corrected chi connectivity index (χ1v) is 10.1. The molecule has 2 heterocycles. The van der Waals surface area contributed by atoms with E-state index in [4.69, 9.17) is 4.52 Å². The molecule has 0 N–H and O–H groups in total. The lowest BCUT2D eigenvalue weighted by molar-refractivity contribution is 0.159. The van der Waals surface area contributed by atoms with E-state index < -0.39 is 10.0 Å². The molecule has 0 bridgehead atoms. The molecule has 2 aliphatic rings. The molecule has 1 aromatic heterocycles. The summed E-state index contributed by atoms with van der Waals surface area (Å²) in [5, 5.41) is 5.14. The number of hydrogen-bond acceptors (Lipinski definition) is 5. The van der Waals surface area contributed by atoms with Crippen LogP contribution in [0.2, 0.25) is 0 Å². The van der Waals surface area contributed by atoms with Gasteiger partial charge < -0.3 is 4.52 Å². The van der Waals surface area contributed by atoms with E-state index in [1.807, 2.05) is 24.3 Å². The summed E-state index contributed by atoms with van der Waals surface area (Å²) < 4.78 is 31.7. The van der Waals surface area contributed by atoms with Gasteiger partial charge in [0.05, 0.1) is 5.25 Å². The minimum absolute atomic E-state index is 0.103. The molecule has 1 aliphatic carbocycles. The summed E-state index contributed by atoms with van der Waals surface area (Å²) in [4.78, 5) is 2.27. The Morgan fingerprint density at radius 3 is 2.62 bits per heavy atom. The van der Waals surface area contributed by atoms with Gasteiger partial charge >= 0.3 is 0 Å². The zero-order chi connectivity index (χ0) is 16.7. The summed E-state index contributed by atoms with van der Waals surface area (Å²) in [5.41, 5.74) is 1.76. The van der Waals surface area contributed by atoms with Gasteiger partial charge in [-0.05, 0) is 44.9 Å². The topological polar surface area (TPSA) is 66.7 Å². The number of para-hydroxylation sites is 1. The fourth-order valence-corrected chi connectivity index (χ4v) is 5.40. The van der Waals surface area contributed by atoms with Crippen molar-refractivity contribution in [3.8, 4) is 0 Å². The SMILES string of the molecule is CN(Cc1noc2ccccc12)C1CCN(S(=O)(=O)C2CC2)CC1. The van der Waals surface area contributed by atoms with Crippen molar-refractivity contribution in [3.05, 3.63) is 30.0 Å². The monoisotopic (exact) mass is 349 g/mol. The van der Waals surface area contributed by atoms with Crippen molar-refractivity contribution < 1.29 is 12.9 Å². The molecule has 1 aliphatic heterocycles. The van der Waals surface area contributed by atoms with Crippen LogP contribution < -0.4 is 0 Å². The highest BCUT2D eigenvalue weighted by Gasteiger charge is 2.41. The first-order chi connectivity index (χ1) is 11.6. The van der Waals surface area contributed by atoms with Gasteiger partial charge in [-0.3, -0.25) is 4.90 Å². The second-order valence-electron chi connectivity index (χ2n) is 6.92. The Kier molecular flexibility index (Phi) is 4.10. The molecule has 0 spiro atoms. The van der Waals surface area contributed by atoms with E-state index in [0.29, 0.717) is 19.1 Å². The van der Waals surface area contributed by atoms with Crippen molar-refractivity contribution in [2.75, 3.05) is 20.1 Å². The minimum atomic E-state index is -3.03. The minimum Gasteiger partial charge on any atom is -0.356 e. The first-order valence-electron chi connectivity index (χ1n) is 8.58. The molecule has 6 nitrogen and oxygen atoms in total. The van der Waals surface area contributed by atoms with Gasteiger partial charge in [-0.25, -0.2) is 12.7 Å². The van der Waals surface area contributed by atoms with E-state index in [0.717, 1.165) is 48.9 Å². The zero-order valence-electron chi connectivity index (χ0n) is 13.9. The van der Waals surface area contributed by atoms with Crippen LogP contribution in [0.4, 0.5) is 0 Å². The van der Waals surface area contributed by atoms with Crippen molar-refractivity contribution in [2.24, 2.45) is 0 Å². The van der Waals surface area contributed by atoms with Crippen LogP contribution in [0.3, 0.4) is 0 Å². The van der Waals surface area contributed by atoms with E-state index >= 15 is 0 Å². The molecule has 130 valence electrons. The molecule has 7 heteroatoms. The fourth-order valence-electron chi connectivity index (χ4n) is 3.53. The lowest BCUT2D eigenvalue weighted by Gasteiger charge is -2.35. The number of fused-ring (bicyclic) bond motifs is 1. The van der Waals surface area contributed by atoms with Gasteiger partial charge in [-0.2, -0.15) is 0 Å². The third-order valence-corrected chi connectivity index (χ3v) is 7.60. The van der Waals surface area contributed by atoms with Gasteiger partial charge in [-0.15, -0.1) is 0 Å². The largest absolute Gasteiger partial charge is 0.356 e. The van der Waals surface area contributed by atoms with Gasteiger partial charge in [-0.1, -0.05) is 17.3 Å². The summed E-state index contributed by atoms with van der Waals surface area (Å²) >= 11 is 0. The van der Waals surface area contributed by atoms with Crippen LogP contribution in [-0.4, -0.2) is 54.2 Å². The molecule has 0 atom stereocenters. The second kappa shape index (κ2) is 6.13. The van der Waals surface area contributed by atoms with Gasteiger partial charge in [0.1, 0.15) is 5.69 Å². The first kappa shape index (κ1) is 16.1. The number of aromatic nitrogens is 1. The van der Waals surface area contributed by atoms with Crippen LogP contribution in [0.15, 0.2) is 28.8 Å². The summed E-state index contributed by atoms with van der Waals surface area (Å²) in [6.45, 7) is 1.98. The molecule has 1 saturated heterocycles. The van der Waals surface area contributed by atoms with E-state index in [1.165, 1.54) is 0 Å². The average molecular weight is 349 g/mol. The lowest BCUT2D eigenvalue weighted by Crippen LogP contribution is -2.46. The number of sulfonamides is 1. The Bertz CT molecular complexity index is 820. The van der Waals surface area contributed by atoms with Crippen molar-refractivity contribution in [2.45, 2.75) is 43.5 Å². The Balaban J connectivity index is 1.39. The fraction of sp³-hybridized carbons (Fsp3) is 0.588. The second-order valence-corrected chi connectivity index (χ2v) is 9.13. The standard InChI is InChI=1S/C17H23N3O3S/c1-19(12-16-15-4-2-3-5-17(15)23-18-16)13-8-10-20(11-9-13)24(21,22)14-6-7-14/h2-5,13-14H,6-12H2,1H3. The Morgan fingerprint density at radius 2 is 1.92 bits per heavy atom. The lowest BCUT2D eigenvalue weighted by atomic mass is 10.0. The molecule has 2 aromatic rings. The molecule has 1 saturated carbocycles. The predicted molar refractivity (Wildman–Crippen MR) is 92.0 cm³/mol. The van der Waals surface area contributed by atoms with E-state index in [-0.39, 0.29) is 5.25 Å². The predicted octanol–water partition coefficient (Wildman–Crippen LogP) is 2.22. The van der Waals surface area contributed by atoms with E-state index in [1.54, 1.807) is 4.31 Å². The zero-order valence-corrected chi connectivity index (χ0v) is 14.7. The Labute approximate surface area is 142 Å². The summed E-state index contributed by atoms with van der Waals surface area (Å²) in [5.74, 6) is 0. The smallest absolute Gasteiger partial charge is 0.216 e. The Hall–Kier alpha value is -1.44. The van der Waals surface area contributed by atoms with Crippen molar-refractivity contribution in [3.63, 3.8) is 0 Å². The van der Waals surface area contributed by atoms with Crippen molar-refractivity contribution >= 4 is 21.0 Å². The van der Waals surface area contributed by atoms with Crippen molar-refractivity contribution in [1.82, 2.24) is 14.4 Å². The summed E-state index contributed by atoms with van der Waals surface area (Å²) in [7, 11) is -0.947. The number of rotatable bonds is 5. The molecule has 24 heavy (non-hydrogen) atoms. The molecule has 0 unspecified atom stereocenters. The third-order valence-electron chi connectivity index (χ3n) is 5.20. The highest BCUT2D eigenvalue weighted by molar-refractivity contribution is 7.90. The molecular weight excluding hydrogens is 326 g/mol.